The van der Waals surface area contributed by atoms with E-state index in [0.717, 1.165) is 11.3 Å². The van der Waals surface area contributed by atoms with Crippen LogP contribution >= 0.6 is 0 Å². The summed E-state index contributed by atoms with van der Waals surface area (Å²) >= 11 is 0. The van der Waals surface area contributed by atoms with Crippen LogP contribution in [0.2, 0.25) is 0 Å². The summed E-state index contributed by atoms with van der Waals surface area (Å²) in [5.41, 5.74) is 7.23. The molecule has 0 saturated carbocycles. The standard InChI is InChI=1S/C12H16N4O2/c1-15-4-5-16(12(18)11(15)17)8-9-2-3-14-10(6-9)7-13/h2-3,6H,4-5,7-8,13H2,1H3. The third-order valence-electron chi connectivity index (χ3n) is 2.99. The molecular formula is C12H16N4O2. The maximum atomic E-state index is 11.8. The number of aromatic nitrogens is 1. The SMILES string of the molecule is CN1CCN(Cc2ccnc(CN)c2)C(=O)C1=O. The molecule has 0 spiro atoms. The van der Waals surface area contributed by atoms with E-state index in [1.807, 2.05) is 12.1 Å². The quantitative estimate of drug-likeness (QED) is 0.720. The van der Waals surface area contributed by atoms with Gasteiger partial charge in [-0.2, -0.15) is 0 Å². The minimum absolute atomic E-state index is 0.365. The van der Waals surface area contributed by atoms with Gasteiger partial charge in [0.1, 0.15) is 0 Å². The average molecular weight is 248 g/mol. The fourth-order valence-electron chi connectivity index (χ4n) is 1.88. The Hall–Kier alpha value is -1.95. The topological polar surface area (TPSA) is 79.5 Å². The first-order chi connectivity index (χ1) is 8.61. The zero-order chi connectivity index (χ0) is 13.1. The molecule has 0 atom stereocenters. The summed E-state index contributed by atoms with van der Waals surface area (Å²) in [7, 11) is 1.64. The number of likely N-dealkylation sites (N-methyl/N-ethyl adjacent to an activating group) is 1. The van der Waals surface area contributed by atoms with Crippen LogP contribution < -0.4 is 5.73 Å². The molecule has 96 valence electrons. The Morgan fingerprint density at radius 1 is 1.33 bits per heavy atom. The van der Waals surface area contributed by atoms with Crippen LogP contribution in [0.1, 0.15) is 11.3 Å². The largest absolute Gasteiger partial charge is 0.336 e. The van der Waals surface area contributed by atoms with Gasteiger partial charge in [-0.05, 0) is 17.7 Å². The highest BCUT2D eigenvalue weighted by atomic mass is 16.2. The summed E-state index contributed by atoms with van der Waals surface area (Å²) in [4.78, 5) is 30.4. The monoisotopic (exact) mass is 248 g/mol. The van der Waals surface area contributed by atoms with Gasteiger partial charge in [0.15, 0.2) is 0 Å². The molecule has 18 heavy (non-hydrogen) atoms. The van der Waals surface area contributed by atoms with Crippen LogP contribution in [0.3, 0.4) is 0 Å². The van der Waals surface area contributed by atoms with Crippen molar-refractivity contribution in [1.82, 2.24) is 14.8 Å². The van der Waals surface area contributed by atoms with E-state index in [0.29, 0.717) is 26.2 Å². The maximum Gasteiger partial charge on any atom is 0.312 e. The summed E-state index contributed by atoms with van der Waals surface area (Å²) < 4.78 is 0. The number of piperazine rings is 1. The van der Waals surface area contributed by atoms with E-state index in [4.69, 9.17) is 5.73 Å². The number of carbonyl (C=O) groups excluding carboxylic acids is 2. The van der Waals surface area contributed by atoms with E-state index < -0.39 is 11.8 Å². The second-order valence-electron chi connectivity index (χ2n) is 4.31. The Kier molecular flexibility index (Phi) is 3.57. The van der Waals surface area contributed by atoms with Crippen LogP contribution in [-0.2, 0) is 22.7 Å². The second kappa shape index (κ2) is 5.14. The first kappa shape index (κ1) is 12.5. The van der Waals surface area contributed by atoms with E-state index in [2.05, 4.69) is 4.98 Å². The molecule has 1 fully saturated rings. The van der Waals surface area contributed by atoms with E-state index in [1.165, 1.54) is 4.90 Å². The predicted octanol–water partition coefficient (Wildman–Crippen LogP) is -0.659. The molecule has 1 aromatic heterocycles. The Balaban J connectivity index is 2.09. The minimum atomic E-state index is -0.450. The van der Waals surface area contributed by atoms with E-state index in [-0.39, 0.29) is 0 Å². The molecular weight excluding hydrogens is 232 g/mol. The molecule has 1 saturated heterocycles. The summed E-state index contributed by atoms with van der Waals surface area (Å²) in [5.74, 6) is -0.899. The lowest BCUT2D eigenvalue weighted by molar-refractivity contribution is -0.155. The fourth-order valence-corrected chi connectivity index (χ4v) is 1.88. The van der Waals surface area contributed by atoms with Crippen molar-refractivity contribution in [3.63, 3.8) is 0 Å². The van der Waals surface area contributed by atoms with Gasteiger partial charge in [0, 0.05) is 39.4 Å². The molecule has 6 nitrogen and oxygen atoms in total. The van der Waals surface area contributed by atoms with E-state index in [9.17, 15) is 9.59 Å². The van der Waals surface area contributed by atoms with Crippen LogP contribution in [0, 0.1) is 0 Å². The fraction of sp³-hybridized carbons (Fsp3) is 0.417. The van der Waals surface area contributed by atoms with Gasteiger partial charge in [0.05, 0.1) is 5.69 Å². The minimum Gasteiger partial charge on any atom is -0.336 e. The normalized spacial score (nSPS) is 16.3. The van der Waals surface area contributed by atoms with Crippen molar-refractivity contribution < 1.29 is 9.59 Å². The van der Waals surface area contributed by atoms with Crippen LogP contribution in [0.4, 0.5) is 0 Å². The number of hydrogen-bond acceptors (Lipinski definition) is 4. The molecule has 2 rings (SSSR count). The lowest BCUT2D eigenvalue weighted by Crippen LogP contribution is -2.52. The lowest BCUT2D eigenvalue weighted by Gasteiger charge is -2.31. The molecule has 2 N–H and O–H groups in total. The molecule has 1 aliphatic heterocycles. The van der Waals surface area contributed by atoms with Gasteiger partial charge in [-0.15, -0.1) is 0 Å². The van der Waals surface area contributed by atoms with E-state index in [1.54, 1.807) is 18.1 Å². The molecule has 0 bridgehead atoms. The number of hydrogen-bond donors (Lipinski definition) is 1. The van der Waals surface area contributed by atoms with Crippen molar-refractivity contribution in [3.05, 3.63) is 29.6 Å². The number of carbonyl (C=O) groups is 2. The zero-order valence-electron chi connectivity index (χ0n) is 10.3. The number of amides is 2. The molecule has 2 heterocycles. The maximum absolute atomic E-state index is 11.8. The van der Waals surface area contributed by atoms with Gasteiger partial charge >= 0.3 is 11.8 Å². The van der Waals surface area contributed by atoms with Gasteiger partial charge in [-0.1, -0.05) is 0 Å². The third kappa shape index (κ3) is 2.48. The van der Waals surface area contributed by atoms with Crippen LogP contribution in [-0.4, -0.2) is 46.7 Å². The Labute approximate surface area is 105 Å². The Morgan fingerprint density at radius 3 is 2.83 bits per heavy atom. The van der Waals surface area contributed by atoms with Crippen molar-refractivity contribution in [1.29, 1.82) is 0 Å². The predicted molar refractivity (Wildman–Crippen MR) is 65.2 cm³/mol. The van der Waals surface area contributed by atoms with Gasteiger partial charge in [0.2, 0.25) is 0 Å². The summed E-state index contributed by atoms with van der Waals surface area (Å²) in [5, 5.41) is 0. The summed E-state index contributed by atoms with van der Waals surface area (Å²) in [6, 6.07) is 3.69. The molecule has 0 aliphatic carbocycles. The first-order valence-corrected chi connectivity index (χ1v) is 5.80. The highest BCUT2D eigenvalue weighted by Crippen LogP contribution is 2.10. The van der Waals surface area contributed by atoms with Crippen molar-refractivity contribution in [2.24, 2.45) is 5.73 Å². The third-order valence-corrected chi connectivity index (χ3v) is 2.99. The molecule has 0 unspecified atom stereocenters. The number of nitrogens with two attached hydrogens (primary N) is 1. The van der Waals surface area contributed by atoms with E-state index >= 15 is 0 Å². The van der Waals surface area contributed by atoms with Crippen molar-refractivity contribution in [2.75, 3.05) is 20.1 Å². The molecule has 1 aliphatic rings. The van der Waals surface area contributed by atoms with Gasteiger partial charge < -0.3 is 15.5 Å². The Morgan fingerprint density at radius 2 is 2.11 bits per heavy atom. The molecule has 2 amide bonds. The van der Waals surface area contributed by atoms with Crippen molar-refractivity contribution in [3.8, 4) is 0 Å². The van der Waals surface area contributed by atoms with Gasteiger partial charge in [-0.3, -0.25) is 14.6 Å². The summed E-state index contributed by atoms with van der Waals surface area (Å²) in [6.45, 7) is 1.91. The van der Waals surface area contributed by atoms with Crippen LogP contribution in [0.15, 0.2) is 18.3 Å². The second-order valence-corrected chi connectivity index (χ2v) is 4.31. The van der Waals surface area contributed by atoms with Gasteiger partial charge in [0.25, 0.3) is 0 Å². The molecule has 0 radical (unpaired) electrons. The lowest BCUT2D eigenvalue weighted by atomic mass is 10.2. The molecule has 1 aromatic rings. The number of nitrogens with zero attached hydrogens (tertiary/aromatic N) is 3. The van der Waals surface area contributed by atoms with Crippen molar-refractivity contribution >= 4 is 11.8 Å². The molecule has 0 aromatic carbocycles. The number of pyridine rings is 1. The zero-order valence-corrected chi connectivity index (χ0v) is 10.3. The summed E-state index contributed by atoms with van der Waals surface area (Å²) in [6.07, 6.45) is 1.67. The molecule has 6 heteroatoms. The first-order valence-electron chi connectivity index (χ1n) is 5.80. The average Bonchev–Trinajstić information content (AvgIpc) is 2.40. The van der Waals surface area contributed by atoms with Crippen molar-refractivity contribution in [2.45, 2.75) is 13.1 Å². The Bertz CT molecular complexity index is 475. The highest BCUT2D eigenvalue weighted by Gasteiger charge is 2.29. The number of rotatable bonds is 3. The smallest absolute Gasteiger partial charge is 0.312 e. The van der Waals surface area contributed by atoms with Crippen LogP contribution in [0.25, 0.3) is 0 Å². The van der Waals surface area contributed by atoms with Crippen LogP contribution in [0.5, 0.6) is 0 Å². The highest BCUT2D eigenvalue weighted by molar-refractivity contribution is 6.35. The van der Waals surface area contributed by atoms with Gasteiger partial charge in [-0.25, -0.2) is 0 Å².